The van der Waals surface area contributed by atoms with Crippen molar-refractivity contribution >= 4 is 0 Å². The van der Waals surface area contributed by atoms with Gasteiger partial charge in [0.2, 0.25) is 0 Å². The molecule has 0 radical (unpaired) electrons. The second kappa shape index (κ2) is 42.3. The maximum absolute atomic E-state index is 2.57. The Hall–Kier alpha value is -0.850. The van der Waals surface area contributed by atoms with Crippen LogP contribution in [-0.4, -0.2) is 0 Å². The lowest BCUT2D eigenvalue weighted by Gasteiger charge is -2.10. The van der Waals surface area contributed by atoms with Crippen LogP contribution in [0.4, 0.5) is 0 Å². The fourth-order valence-electron chi connectivity index (χ4n) is 8.56. The topological polar surface area (TPSA) is 3.88 Å². The number of nitrogens with zero attached hydrogens (tertiary/aromatic N) is 1. The van der Waals surface area contributed by atoms with Crippen LogP contribution in [0.1, 0.15) is 295 Å². The molecule has 1 aromatic rings. The highest BCUT2D eigenvalue weighted by Gasteiger charge is 2.10. The van der Waals surface area contributed by atoms with Gasteiger partial charge in [0.05, 0.1) is 0 Å². The lowest BCUT2D eigenvalue weighted by Crippen LogP contribution is -2.34. The second-order valence-corrected chi connectivity index (χ2v) is 17.7. The molecule has 0 aliphatic heterocycles. The first kappa shape index (κ1) is 50.2. The van der Waals surface area contributed by atoms with Crippen LogP contribution >= 0.6 is 0 Å². The van der Waals surface area contributed by atoms with Crippen molar-refractivity contribution in [3.63, 3.8) is 0 Å². The first-order valence-corrected chi connectivity index (χ1v) is 25.3. The van der Waals surface area contributed by atoms with E-state index in [1.807, 2.05) is 0 Å². The van der Waals surface area contributed by atoms with Crippen molar-refractivity contribution in [1.82, 2.24) is 0 Å². The quantitative estimate of drug-likeness (QED) is 0.0464. The smallest absolute Gasteiger partial charge is 0.172 e. The van der Waals surface area contributed by atoms with E-state index in [0.29, 0.717) is 0 Å². The molecule has 0 aliphatic carbocycles. The Labute approximate surface area is 336 Å². The summed E-state index contributed by atoms with van der Waals surface area (Å²) >= 11 is 0. The van der Waals surface area contributed by atoms with Crippen LogP contribution in [-0.2, 0) is 19.4 Å². The summed E-state index contributed by atoms with van der Waals surface area (Å²) in [7, 11) is 0. The van der Waals surface area contributed by atoms with Gasteiger partial charge in [-0.1, -0.05) is 258 Å². The molecule has 1 aromatic heterocycles. The number of hydrogen-bond acceptors (Lipinski definition) is 0. The Bertz CT molecular complexity index is 828. The average molecular weight is 739 g/mol. The van der Waals surface area contributed by atoms with E-state index in [4.69, 9.17) is 0 Å². The predicted molar refractivity (Wildman–Crippen MR) is 240 cm³/mol. The molecular formula is C52H100N+. The Morgan fingerprint density at radius 3 is 0.830 bits per heavy atom. The minimum atomic E-state index is 1.21. The highest BCUT2D eigenvalue weighted by molar-refractivity contribution is 5.21. The van der Waals surface area contributed by atoms with Crippen molar-refractivity contribution in [2.24, 2.45) is 0 Å². The van der Waals surface area contributed by atoms with Gasteiger partial charge in [-0.25, -0.2) is 4.57 Å². The van der Waals surface area contributed by atoms with E-state index in [-0.39, 0.29) is 0 Å². The lowest BCUT2D eigenvalue weighted by molar-refractivity contribution is -0.697. The van der Waals surface area contributed by atoms with E-state index in [1.54, 1.807) is 11.1 Å². The van der Waals surface area contributed by atoms with Crippen molar-refractivity contribution < 1.29 is 4.57 Å². The van der Waals surface area contributed by atoms with Crippen molar-refractivity contribution in [3.8, 4) is 0 Å². The van der Waals surface area contributed by atoms with Gasteiger partial charge in [-0.2, -0.15) is 0 Å². The van der Waals surface area contributed by atoms with Crippen LogP contribution in [0.15, 0.2) is 18.5 Å². The molecule has 0 amide bonds. The molecule has 0 bridgehead atoms. The molecule has 1 nitrogen and oxygen atoms in total. The number of unbranched alkanes of at least 4 members (excludes halogenated alkanes) is 38. The van der Waals surface area contributed by atoms with Crippen LogP contribution in [0, 0.1) is 0 Å². The van der Waals surface area contributed by atoms with Gasteiger partial charge in [-0.05, 0) is 37.7 Å². The van der Waals surface area contributed by atoms with E-state index in [0.717, 1.165) is 0 Å². The fourth-order valence-corrected chi connectivity index (χ4v) is 8.56. The zero-order valence-corrected chi connectivity index (χ0v) is 37.3. The number of hydrogen-bond donors (Lipinski definition) is 0. The van der Waals surface area contributed by atoms with Crippen LogP contribution in [0.5, 0.6) is 0 Å². The third-order valence-electron chi connectivity index (χ3n) is 12.3. The van der Waals surface area contributed by atoms with Crippen molar-refractivity contribution in [2.45, 2.75) is 303 Å². The Morgan fingerprint density at radius 1 is 0.283 bits per heavy atom. The zero-order chi connectivity index (χ0) is 38.0. The van der Waals surface area contributed by atoms with Crippen LogP contribution in [0.2, 0.25) is 0 Å². The molecule has 0 aliphatic rings. The van der Waals surface area contributed by atoms with Gasteiger partial charge in [-0.3, -0.25) is 0 Å². The molecule has 0 N–H and O–H groups in total. The van der Waals surface area contributed by atoms with Gasteiger partial charge in [0.1, 0.15) is 6.54 Å². The Morgan fingerprint density at radius 2 is 0.528 bits per heavy atom. The summed E-state index contributed by atoms with van der Waals surface area (Å²) in [5.41, 5.74) is 3.34. The monoisotopic (exact) mass is 739 g/mol. The van der Waals surface area contributed by atoms with Gasteiger partial charge in [-0.15, -0.1) is 0 Å². The fraction of sp³-hybridized carbons (Fsp3) is 0.904. The van der Waals surface area contributed by atoms with E-state index in [1.165, 1.54) is 283 Å². The minimum absolute atomic E-state index is 1.21. The van der Waals surface area contributed by atoms with Gasteiger partial charge >= 0.3 is 0 Å². The predicted octanol–water partition coefficient (Wildman–Crippen LogP) is 18.1. The molecule has 1 rings (SSSR count). The number of aromatic nitrogens is 1. The Kier molecular flexibility index (Phi) is 40.0. The summed E-state index contributed by atoms with van der Waals surface area (Å²) in [5.74, 6) is 0. The maximum atomic E-state index is 2.57. The number of aryl methyl sites for hydroxylation is 3. The maximum Gasteiger partial charge on any atom is 0.172 e. The highest BCUT2D eigenvalue weighted by atomic mass is 14.9. The summed E-state index contributed by atoms with van der Waals surface area (Å²) in [5, 5.41) is 0. The highest BCUT2D eigenvalue weighted by Crippen LogP contribution is 2.19. The van der Waals surface area contributed by atoms with E-state index in [9.17, 15) is 0 Å². The van der Waals surface area contributed by atoms with Crippen molar-refractivity contribution in [3.05, 3.63) is 29.6 Å². The molecule has 0 fully saturated rings. The van der Waals surface area contributed by atoms with Crippen molar-refractivity contribution in [1.29, 1.82) is 0 Å². The molecule has 0 saturated carbocycles. The molecule has 0 aromatic carbocycles. The number of rotatable bonds is 44. The van der Waals surface area contributed by atoms with Gasteiger partial charge in [0.15, 0.2) is 12.4 Å². The summed E-state index contributed by atoms with van der Waals surface area (Å²) in [6.07, 6.45) is 66.8. The summed E-state index contributed by atoms with van der Waals surface area (Å²) in [6.45, 7) is 8.16. The molecule has 1 heteroatoms. The van der Waals surface area contributed by atoms with Gasteiger partial charge in [0, 0.05) is 18.1 Å². The zero-order valence-electron chi connectivity index (χ0n) is 37.3. The molecule has 0 unspecified atom stereocenters. The van der Waals surface area contributed by atoms with Crippen molar-refractivity contribution in [2.75, 3.05) is 0 Å². The Balaban J connectivity index is 2.29. The molecule has 1 heterocycles. The normalized spacial score (nSPS) is 11.6. The SMILES string of the molecule is CCCCCCCCCCCCCCCCc1cc[n+](CCCCCCCCCCCCCCC)cc1CCCCCCCCCCCCCCCC. The third-order valence-corrected chi connectivity index (χ3v) is 12.3. The summed E-state index contributed by atoms with van der Waals surface area (Å²) < 4.78 is 2.55. The van der Waals surface area contributed by atoms with Crippen LogP contribution in [0.25, 0.3) is 0 Å². The minimum Gasteiger partial charge on any atom is -0.205 e. The van der Waals surface area contributed by atoms with Gasteiger partial charge < -0.3 is 0 Å². The van der Waals surface area contributed by atoms with Crippen LogP contribution in [0.3, 0.4) is 0 Å². The third kappa shape index (κ3) is 35.3. The molecule has 0 spiro atoms. The first-order valence-electron chi connectivity index (χ1n) is 25.3. The molecule has 53 heavy (non-hydrogen) atoms. The van der Waals surface area contributed by atoms with E-state index in [2.05, 4.69) is 43.8 Å². The second-order valence-electron chi connectivity index (χ2n) is 17.7. The summed E-state index contributed by atoms with van der Waals surface area (Å²) in [6, 6.07) is 2.52. The number of pyridine rings is 1. The molecular weight excluding hydrogens is 639 g/mol. The molecule has 0 atom stereocenters. The van der Waals surface area contributed by atoms with Gasteiger partial charge in [0.25, 0.3) is 0 Å². The molecule has 312 valence electrons. The van der Waals surface area contributed by atoms with Crippen LogP contribution < -0.4 is 4.57 Å². The van der Waals surface area contributed by atoms with E-state index >= 15 is 0 Å². The summed E-state index contributed by atoms with van der Waals surface area (Å²) in [4.78, 5) is 0. The average Bonchev–Trinajstić information content (AvgIpc) is 3.17. The molecule has 0 saturated heterocycles. The van der Waals surface area contributed by atoms with E-state index < -0.39 is 0 Å². The largest absolute Gasteiger partial charge is 0.205 e. The first-order chi connectivity index (χ1) is 26.3. The standard InChI is InChI=1S/C52H100N/c1-4-7-10-13-16-19-22-25-27-30-33-36-39-42-45-51-47-49-53(48-44-41-38-35-32-29-24-21-18-15-12-9-6-3)50-52(51)46-43-40-37-34-31-28-26-23-20-17-14-11-8-5-2/h47,49-50H,4-46,48H2,1-3H3/q+1. The lowest BCUT2D eigenvalue weighted by atomic mass is 9.97.